The number of nitrogens with zero attached hydrogens (tertiary/aromatic N) is 1. The van der Waals surface area contributed by atoms with Gasteiger partial charge in [0.05, 0.1) is 0 Å². The van der Waals surface area contributed by atoms with Crippen LogP contribution in [0.4, 0.5) is 14.9 Å². The molecule has 24 heavy (non-hydrogen) atoms. The van der Waals surface area contributed by atoms with Crippen molar-refractivity contribution in [2.24, 2.45) is 0 Å². The van der Waals surface area contributed by atoms with E-state index < -0.39 is 0 Å². The van der Waals surface area contributed by atoms with E-state index in [0.717, 1.165) is 42.7 Å². The number of hydrogen-bond donors (Lipinski definition) is 2. The highest BCUT2D eigenvalue weighted by Crippen LogP contribution is 2.23. The number of rotatable bonds is 3. The van der Waals surface area contributed by atoms with E-state index in [4.69, 9.17) is 0 Å². The average Bonchev–Trinajstić information content (AvgIpc) is 2.62. The number of benzene rings is 2. The van der Waals surface area contributed by atoms with Crippen molar-refractivity contribution in [2.75, 3.05) is 25.5 Å². The van der Waals surface area contributed by atoms with Gasteiger partial charge in [-0.25, -0.2) is 9.18 Å². The summed E-state index contributed by atoms with van der Waals surface area (Å²) in [6, 6.07) is 14.1. The van der Waals surface area contributed by atoms with Gasteiger partial charge in [0, 0.05) is 18.8 Å². The van der Waals surface area contributed by atoms with E-state index in [2.05, 4.69) is 10.6 Å². The summed E-state index contributed by atoms with van der Waals surface area (Å²) in [5, 5.41) is 6.26. The number of urea groups is 1. The predicted molar refractivity (Wildman–Crippen MR) is 94.5 cm³/mol. The SMILES string of the molecule is CN(C(=O)Nc1cccc(-c2ccc(F)cc2)c1)C1CCNCC1. The third kappa shape index (κ3) is 3.92. The zero-order valence-electron chi connectivity index (χ0n) is 13.8. The van der Waals surface area contributed by atoms with Gasteiger partial charge in [0.1, 0.15) is 5.82 Å². The summed E-state index contributed by atoms with van der Waals surface area (Å²) < 4.78 is 13.1. The summed E-state index contributed by atoms with van der Waals surface area (Å²) in [6.45, 7) is 1.89. The number of nitrogens with one attached hydrogen (secondary N) is 2. The molecule has 0 atom stereocenters. The highest BCUT2D eigenvalue weighted by molar-refractivity contribution is 5.90. The lowest BCUT2D eigenvalue weighted by atomic mass is 10.0. The first-order chi connectivity index (χ1) is 11.6. The molecule has 0 saturated carbocycles. The van der Waals surface area contributed by atoms with Crippen LogP contribution >= 0.6 is 0 Å². The summed E-state index contributed by atoms with van der Waals surface area (Å²) >= 11 is 0. The molecule has 5 heteroatoms. The van der Waals surface area contributed by atoms with Crippen molar-refractivity contribution in [2.45, 2.75) is 18.9 Å². The lowest BCUT2D eigenvalue weighted by Gasteiger charge is -2.31. The van der Waals surface area contributed by atoms with Crippen LogP contribution in [0.25, 0.3) is 11.1 Å². The Morgan fingerprint density at radius 1 is 1.12 bits per heavy atom. The molecule has 3 rings (SSSR count). The van der Waals surface area contributed by atoms with Gasteiger partial charge in [0.25, 0.3) is 0 Å². The first-order valence-corrected chi connectivity index (χ1v) is 8.24. The number of amides is 2. The fourth-order valence-electron chi connectivity index (χ4n) is 2.99. The molecule has 0 unspecified atom stereocenters. The summed E-state index contributed by atoms with van der Waals surface area (Å²) in [5.74, 6) is -0.258. The molecular formula is C19H22FN3O. The Morgan fingerprint density at radius 2 is 1.83 bits per heavy atom. The molecule has 2 aromatic rings. The van der Waals surface area contributed by atoms with E-state index in [1.54, 1.807) is 17.0 Å². The van der Waals surface area contributed by atoms with Gasteiger partial charge < -0.3 is 15.5 Å². The van der Waals surface area contributed by atoms with Crippen LogP contribution < -0.4 is 10.6 Å². The number of carbonyl (C=O) groups is 1. The monoisotopic (exact) mass is 327 g/mol. The van der Waals surface area contributed by atoms with E-state index in [1.807, 2.05) is 31.3 Å². The van der Waals surface area contributed by atoms with E-state index in [9.17, 15) is 9.18 Å². The summed E-state index contributed by atoms with van der Waals surface area (Å²) in [5.41, 5.74) is 2.60. The van der Waals surface area contributed by atoms with Gasteiger partial charge in [-0.3, -0.25) is 0 Å². The Hall–Kier alpha value is -2.40. The maximum absolute atomic E-state index is 13.1. The van der Waals surface area contributed by atoms with Crippen LogP contribution in [-0.4, -0.2) is 37.1 Å². The van der Waals surface area contributed by atoms with Crippen LogP contribution in [0.15, 0.2) is 48.5 Å². The maximum atomic E-state index is 13.1. The zero-order valence-corrected chi connectivity index (χ0v) is 13.8. The van der Waals surface area contributed by atoms with Gasteiger partial charge >= 0.3 is 6.03 Å². The summed E-state index contributed by atoms with van der Waals surface area (Å²) in [4.78, 5) is 14.2. The van der Waals surface area contributed by atoms with Crippen LogP contribution in [0.1, 0.15) is 12.8 Å². The van der Waals surface area contributed by atoms with E-state index >= 15 is 0 Å². The first kappa shape index (κ1) is 16.5. The molecular weight excluding hydrogens is 305 g/mol. The Labute approximate surface area is 141 Å². The maximum Gasteiger partial charge on any atom is 0.321 e. The molecule has 2 amide bonds. The quantitative estimate of drug-likeness (QED) is 0.903. The molecule has 0 aromatic heterocycles. The molecule has 1 aliphatic heterocycles. The molecule has 0 aliphatic carbocycles. The summed E-state index contributed by atoms with van der Waals surface area (Å²) in [6.07, 6.45) is 1.94. The van der Waals surface area contributed by atoms with Crippen molar-refractivity contribution < 1.29 is 9.18 Å². The molecule has 126 valence electrons. The van der Waals surface area contributed by atoms with E-state index in [0.29, 0.717) is 0 Å². The second-order valence-corrected chi connectivity index (χ2v) is 6.11. The first-order valence-electron chi connectivity index (χ1n) is 8.24. The van der Waals surface area contributed by atoms with Crippen molar-refractivity contribution in [3.05, 3.63) is 54.3 Å². The minimum Gasteiger partial charge on any atom is -0.325 e. The predicted octanol–water partition coefficient (Wildman–Crippen LogP) is 3.71. The minimum atomic E-state index is -0.258. The summed E-state index contributed by atoms with van der Waals surface area (Å²) in [7, 11) is 1.84. The zero-order chi connectivity index (χ0) is 16.9. The van der Waals surface area contributed by atoms with Crippen LogP contribution in [0, 0.1) is 5.82 Å². The second kappa shape index (κ2) is 7.45. The molecule has 1 aliphatic rings. The largest absolute Gasteiger partial charge is 0.325 e. The second-order valence-electron chi connectivity index (χ2n) is 6.11. The van der Waals surface area contributed by atoms with Gasteiger partial charge in [-0.1, -0.05) is 24.3 Å². The molecule has 2 N–H and O–H groups in total. The molecule has 2 aromatic carbocycles. The average molecular weight is 327 g/mol. The standard InChI is InChI=1S/C19H22FN3O/c1-23(18-9-11-21-12-10-18)19(24)22-17-4-2-3-15(13-17)14-5-7-16(20)8-6-14/h2-8,13,18,21H,9-12H2,1H3,(H,22,24). The number of anilines is 1. The van der Waals surface area contributed by atoms with Crippen molar-refractivity contribution in [3.63, 3.8) is 0 Å². The van der Waals surface area contributed by atoms with E-state index in [-0.39, 0.29) is 17.9 Å². The molecule has 0 bridgehead atoms. The Bertz CT molecular complexity index is 696. The van der Waals surface area contributed by atoms with Crippen LogP contribution in [0.3, 0.4) is 0 Å². The Balaban J connectivity index is 1.69. The van der Waals surface area contributed by atoms with Gasteiger partial charge in [0.15, 0.2) is 0 Å². The third-order valence-corrected chi connectivity index (χ3v) is 4.47. The molecule has 4 nitrogen and oxygen atoms in total. The topological polar surface area (TPSA) is 44.4 Å². The van der Waals surface area contributed by atoms with Crippen molar-refractivity contribution >= 4 is 11.7 Å². The number of hydrogen-bond acceptors (Lipinski definition) is 2. The van der Waals surface area contributed by atoms with E-state index in [1.165, 1.54) is 12.1 Å². The minimum absolute atomic E-state index is 0.0989. The van der Waals surface area contributed by atoms with Crippen molar-refractivity contribution in [1.29, 1.82) is 0 Å². The Kier molecular flexibility index (Phi) is 5.11. The van der Waals surface area contributed by atoms with Crippen LogP contribution in [-0.2, 0) is 0 Å². The van der Waals surface area contributed by atoms with Gasteiger partial charge in [0.2, 0.25) is 0 Å². The molecule has 0 radical (unpaired) electrons. The molecule has 0 spiro atoms. The fourth-order valence-corrected chi connectivity index (χ4v) is 2.99. The molecule has 1 fully saturated rings. The number of piperidine rings is 1. The molecule has 1 saturated heterocycles. The highest BCUT2D eigenvalue weighted by Gasteiger charge is 2.21. The smallest absolute Gasteiger partial charge is 0.321 e. The number of halogens is 1. The van der Waals surface area contributed by atoms with Crippen LogP contribution in [0.2, 0.25) is 0 Å². The lowest BCUT2D eigenvalue weighted by molar-refractivity contribution is 0.189. The third-order valence-electron chi connectivity index (χ3n) is 4.47. The van der Waals surface area contributed by atoms with Crippen molar-refractivity contribution in [3.8, 4) is 11.1 Å². The van der Waals surface area contributed by atoms with Gasteiger partial charge in [-0.15, -0.1) is 0 Å². The highest BCUT2D eigenvalue weighted by atomic mass is 19.1. The van der Waals surface area contributed by atoms with Gasteiger partial charge in [-0.2, -0.15) is 0 Å². The van der Waals surface area contributed by atoms with Gasteiger partial charge in [-0.05, 0) is 61.3 Å². The van der Waals surface area contributed by atoms with Crippen molar-refractivity contribution in [1.82, 2.24) is 10.2 Å². The Morgan fingerprint density at radius 3 is 2.54 bits per heavy atom. The van der Waals surface area contributed by atoms with Crippen LogP contribution in [0.5, 0.6) is 0 Å². The molecule has 1 heterocycles. The normalized spacial score (nSPS) is 15.1. The number of carbonyl (C=O) groups excluding carboxylic acids is 1. The lowest BCUT2D eigenvalue weighted by Crippen LogP contribution is -2.45. The fraction of sp³-hybridized carbons (Fsp3) is 0.316.